The van der Waals surface area contributed by atoms with Crippen molar-refractivity contribution in [1.82, 2.24) is 5.32 Å². The Bertz CT molecular complexity index is 399. The van der Waals surface area contributed by atoms with Crippen LogP contribution in [0.3, 0.4) is 0 Å². The molecule has 1 aromatic carbocycles. The molecule has 0 saturated heterocycles. The van der Waals surface area contributed by atoms with Gasteiger partial charge in [-0.2, -0.15) is 0 Å². The topological polar surface area (TPSA) is 55.7 Å². The van der Waals surface area contributed by atoms with Crippen LogP contribution in [0.4, 0.5) is 5.69 Å². The van der Waals surface area contributed by atoms with Gasteiger partial charge in [-0.25, -0.2) is 0 Å². The normalized spacial score (nSPS) is 13.4. The molecule has 0 aliphatic rings. The lowest BCUT2D eigenvalue weighted by molar-refractivity contribution is 0.0886. The molecular formula is C14H24N2O2. The van der Waals surface area contributed by atoms with Crippen molar-refractivity contribution in [2.75, 3.05) is 25.5 Å². The van der Waals surface area contributed by atoms with Gasteiger partial charge in [0.2, 0.25) is 0 Å². The Morgan fingerprint density at radius 2 is 2.00 bits per heavy atom. The molecule has 0 bridgehead atoms. The van der Waals surface area contributed by atoms with Gasteiger partial charge >= 0.3 is 0 Å². The van der Waals surface area contributed by atoms with Crippen LogP contribution in [0.5, 0.6) is 5.75 Å². The maximum Gasteiger partial charge on any atom is 0.122 e. The van der Waals surface area contributed by atoms with Crippen molar-refractivity contribution >= 4 is 5.69 Å². The van der Waals surface area contributed by atoms with E-state index in [0.717, 1.165) is 11.3 Å². The van der Waals surface area contributed by atoms with E-state index in [2.05, 4.69) is 5.32 Å². The molecule has 4 heteroatoms. The van der Waals surface area contributed by atoms with Gasteiger partial charge in [-0.15, -0.1) is 0 Å². The maximum atomic E-state index is 10.0. The molecule has 18 heavy (non-hydrogen) atoms. The molecule has 0 saturated carbocycles. The molecule has 102 valence electrons. The molecule has 1 rings (SSSR count). The minimum atomic E-state index is -0.763. The van der Waals surface area contributed by atoms with Gasteiger partial charge < -0.3 is 20.4 Å². The molecular weight excluding hydrogens is 228 g/mol. The number of aromatic hydroxyl groups is 1. The highest BCUT2D eigenvalue weighted by molar-refractivity contribution is 5.53. The number of hydrogen-bond acceptors (Lipinski definition) is 4. The second-order valence-electron chi connectivity index (χ2n) is 5.42. The van der Waals surface area contributed by atoms with Crippen molar-refractivity contribution in [3.8, 4) is 5.75 Å². The van der Waals surface area contributed by atoms with Crippen LogP contribution < -0.4 is 10.2 Å². The molecule has 1 unspecified atom stereocenters. The number of likely N-dealkylation sites (N-methyl/N-ethyl adjacent to an activating group) is 1. The van der Waals surface area contributed by atoms with Gasteiger partial charge in [0.05, 0.1) is 5.60 Å². The number of hydrogen-bond donors (Lipinski definition) is 3. The molecule has 1 atom stereocenters. The molecule has 0 aliphatic heterocycles. The number of anilines is 1. The van der Waals surface area contributed by atoms with E-state index in [0.29, 0.717) is 6.54 Å². The largest absolute Gasteiger partial charge is 0.508 e. The Labute approximate surface area is 109 Å². The highest BCUT2D eigenvalue weighted by atomic mass is 16.3. The number of aliphatic hydroxyl groups is 1. The molecule has 0 fully saturated rings. The van der Waals surface area contributed by atoms with Gasteiger partial charge in [-0.05, 0) is 33.9 Å². The first-order valence-electron chi connectivity index (χ1n) is 6.18. The average molecular weight is 252 g/mol. The minimum absolute atomic E-state index is 0.110. The predicted molar refractivity (Wildman–Crippen MR) is 75.1 cm³/mol. The average Bonchev–Trinajstić information content (AvgIpc) is 2.25. The molecule has 1 aromatic rings. The fourth-order valence-corrected chi connectivity index (χ4v) is 1.96. The van der Waals surface area contributed by atoms with Crippen LogP contribution in [-0.2, 0) is 0 Å². The second kappa shape index (κ2) is 5.59. The third-order valence-electron chi connectivity index (χ3n) is 2.98. The van der Waals surface area contributed by atoms with Gasteiger partial charge in [0.1, 0.15) is 5.75 Å². The van der Waals surface area contributed by atoms with E-state index < -0.39 is 5.60 Å². The summed E-state index contributed by atoms with van der Waals surface area (Å²) in [4.78, 5) is 1.92. The van der Waals surface area contributed by atoms with Crippen molar-refractivity contribution in [2.24, 2.45) is 0 Å². The molecule has 4 nitrogen and oxygen atoms in total. The number of nitrogens with one attached hydrogen (secondary N) is 1. The summed E-state index contributed by atoms with van der Waals surface area (Å²) in [5.41, 5.74) is 1.00. The van der Waals surface area contributed by atoms with Crippen LogP contribution in [0.1, 0.15) is 32.4 Å². The zero-order chi connectivity index (χ0) is 13.9. The van der Waals surface area contributed by atoms with Crippen LogP contribution >= 0.6 is 0 Å². The zero-order valence-electron chi connectivity index (χ0n) is 11.9. The zero-order valence-corrected chi connectivity index (χ0v) is 11.9. The van der Waals surface area contributed by atoms with E-state index in [4.69, 9.17) is 0 Å². The molecule has 0 aromatic heterocycles. The monoisotopic (exact) mass is 252 g/mol. The summed E-state index contributed by atoms with van der Waals surface area (Å²) in [5, 5.41) is 22.9. The lowest BCUT2D eigenvalue weighted by Crippen LogP contribution is -2.36. The number of nitrogens with zero attached hydrogens (tertiary/aromatic N) is 1. The van der Waals surface area contributed by atoms with E-state index in [1.807, 2.05) is 38.1 Å². The van der Waals surface area contributed by atoms with Crippen LogP contribution in [0.15, 0.2) is 18.2 Å². The minimum Gasteiger partial charge on any atom is -0.508 e. The maximum absolute atomic E-state index is 10.0. The van der Waals surface area contributed by atoms with Crippen molar-refractivity contribution in [3.63, 3.8) is 0 Å². The van der Waals surface area contributed by atoms with Crippen molar-refractivity contribution in [2.45, 2.75) is 32.4 Å². The molecule has 0 heterocycles. The summed E-state index contributed by atoms with van der Waals surface area (Å²) >= 11 is 0. The van der Waals surface area contributed by atoms with Crippen LogP contribution in [0.2, 0.25) is 0 Å². The fraction of sp³-hybridized carbons (Fsp3) is 0.571. The summed E-state index contributed by atoms with van der Waals surface area (Å²) < 4.78 is 0. The summed E-state index contributed by atoms with van der Waals surface area (Å²) in [6, 6.07) is 5.70. The molecule has 0 radical (unpaired) electrons. The van der Waals surface area contributed by atoms with Crippen molar-refractivity contribution < 1.29 is 10.2 Å². The van der Waals surface area contributed by atoms with E-state index in [-0.39, 0.29) is 11.8 Å². The third kappa shape index (κ3) is 3.89. The van der Waals surface area contributed by atoms with Gasteiger partial charge in [0.25, 0.3) is 0 Å². The highest BCUT2D eigenvalue weighted by Crippen LogP contribution is 2.28. The van der Waals surface area contributed by atoms with E-state index >= 15 is 0 Å². The molecule has 0 spiro atoms. The summed E-state index contributed by atoms with van der Waals surface area (Å²) in [5.74, 6) is 0.275. The first-order chi connectivity index (χ1) is 8.24. The Balaban J connectivity index is 2.90. The van der Waals surface area contributed by atoms with E-state index in [9.17, 15) is 10.2 Å². The van der Waals surface area contributed by atoms with Gasteiger partial charge in [0, 0.05) is 37.0 Å². The first-order valence-corrected chi connectivity index (χ1v) is 6.18. The standard InChI is InChI=1S/C14H24N2O2/c1-10(15-4)12-7-6-11(8-13(12)17)16(5)9-14(2,3)18/h6-8,10,15,17-18H,9H2,1-5H3. The Hall–Kier alpha value is -1.26. The summed E-state index contributed by atoms with van der Waals surface area (Å²) in [7, 11) is 3.76. The third-order valence-corrected chi connectivity index (χ3v) is 2.98. The van der Waals surface area contributed by atoms with Gasteiger partial charge in [-0.1, -0.05) is 6.07 Å². The van der Waals surface area contributed by atoms with Crippen LogP contribution in [0.25, 0.3) is 0 Å². The molecule has 0 aliphatic carbocycles. The SMILES string of the molecule is CNC(C)c1ccc(N(C)CC(C)(C)O)cc1O. The number of phenols is 1. The summed E-state index contributed by atoms with van der Waals surface area (Å²) in [6.07, 6.45) is 0. The second-order valence-corrected chi connectivity index (χ2v) is 5.42. The van der Waals surface area contributed by atoms with E-state index in [1.54, 1.807) is 19.9 Å². The molecule has 3 N–H and O–H groups in total. The predicted octanol–water partition coefficient (Wildman–Crippen LogP) is 1.88. The molecule has 0 amide bonds. The van der Waals surface area contributed by atoms with Crippen molar-refractivity contribution in [3.05, 3.63) is 23.8 Å². The highest BCUT2D eigenvalue weighted by Gasteiger charge is 2.17. The smallest absolute Gasteiger partial charge is 0.122 e. The lowest BCUT2D eigenvalue weighted by Gasteiger charge is -2.27. The Morgan fingerprint density at radius 1 is 1.39 bits per heavy atom. The summed E-state index contributed by atoms with van der Waals surface area (Å²) in [6.45, 7) is 6.03. The Kier molecular flexibility index (Phi) is 4.59. The fourth-order valence-electron chi connectivity index (χ4n) is 1.96. The Morgan fingerprint density at radius 3 is 2.44 bits per heavy atom. The van der Waals surface area contributed by atoms with Crippen LogP contribution in [-0.4, -0.2) is 36.5 Å². The quantitative estimate of drug-likeness (QED) is 0.749. The van der Waals surface area contributed by atoms with Gasteiger partial charge in [-0.3, -0.25) is 0 Å². The number of benzene rings is 1. The number of phenolic OH excluding ortho intramolecular Hbond substituents is 1. The lowest BCUT2D eigenvalue weighted by atomic mass is 10.1. The first kappa shape index (κ1) is 14.8. The van der Waals surface area contributed by atoms with Crippen molar-refractivity contribution in [1.29, 1.82) is 0 Å². The van der Waals surface area contributed by atoms with E-state index in [1.165, 1.54) is 0 Å². The number of rotatable bonds is 5. The van der Waals surface area contributed by atoms with Crippen LogP contribution in [0, 0.1) is 0 Å². The van der Waals surface area contributed by atoms with Gasteiger partial charge in [0.15, 0.2) is 0 Å².